The zero-order chi connectivity index (χ0) is 15.3. The van der Waals surface area contributed by atoms with E-state index < -0.39 is 23.8 Å². The Labute approximate surface area is 115 Å². The number of hydrogen-bond acceptors (Lipinski definition) is 5. The maximum absolute atomic E-state index is 11.8. The van der Waals surface area contributed by atoms with Crippen LogP contribution in [0, 0.1) is 5.92 Å². The third-order valence-corrected chi connectivity index (χ3v) is 2.40. The molecule has 4 N–H and O–H groups in total. The first kappa shape index (κ1) is 15.6. The van der Waals surface area contributed by atoms with Gasteiger partial charge in [-0.25, -0.2) is 9.48 Å². The van der Waals surface area contributed by atoms with Crippen LogP contribution in [0.15, 0.2) is 6.20 Å². The number of rotatable bonds is 7. The summed E-state index contributed by atoms with van der Waals surface area (Å²) in [5, 5.41) is 18.5. The van der Waals surface area contributed by atoms with Gasteiger partial charge in [0.25, 0.3) is 5.91 Å². The minimum atomic E-state index is -1.11. The van der Waals surface area contributed by atoms with Crippen LogP contribution >= 0.6 is 0 Å². The van der Waals surface area contributed by atoms with Gasteiger partial charge in [-0.3, -0.25) is 9.59 Å². The van der Waals surface area contributed by atoms with Crippen molar-refractivity contribution in [3.05, 3.63) is 11.9 Å². The summed E-state index contributed by atoms with van der Waals surface area (Å²) in [5.74, 6) is -2.28. The minimum Gasteiger partial charge on any atom is -0.480 e. The lowest BCUT2D eigenvalue weighted by atomic mass is 10.0. The number of aromatic nitrogens is 3. The third kappa shape index (κ3) is 4.67. The summed E-state index contributed by atoms with van der Waals surface area (Å²) in [4.78, 5) is 33.6. The van der Waals surface area contributed by atoms with E-state index in [9.17, 15) is 14.4 Å². The van der Waals surface area contributed by atoms with E-state index >= 15 is 0 Å². The van der Waals surface area contributed by atoms with Gasteiger partial charge >= 0.3 is 5.97 Å². The summed E-state index contributed by atoms with van der Waals surface area (Å²) in [6.45, 7) is 3.51. The van der Waals surface area contributed by atoms with Crippen LogP contribution in [0.3, 0.4) is 0 Å². The van der Waals surface area contributed by atoms with Crippen molar-refractivity contribution in [3.63, 3.8) is 0 Å². The summed E-state index contributed by atoms with van der Waals surface area (Å²) in [7, 11) is 0. The number of carboxylic acids is 1. The fourth-order valence-corrected chi connectivity index (χ4v) is 1.56. The summed E-state index contributed by atoms with van der Waals surface area (Å²) < 4.78 is 1.11. The molecule has 0 spiro atoms. The maximum atomic E-state index is 11.8. The Bertz CT molecular complexity index is 511. The maximum Gasteiger partial charge on any atom is 0.326 e. The Morgan fingerprint density at radius 2 is 2.10 bits per heavy atom. The number of primary amides is 1. The second kappa shape index (κ2) is 6.64. The zero-order valence-corrected chi connectivity index (χ0v) is 11.2. The topological polar surface area (TPSA) is 140 Å². The first-order valence-corrected chi connectivity index (χ1v) is 6.01. The second-order valence-electron chi connectivity index (χ2n) is 4.76. The van der Waals surface area contributed by atoms with E-state index in [0.29, 0.717) is 6.42 Å². The number of amides is 2. The monoisotopic (exact) mass is 283 g/mol. The largest absolute Gasteiger partial charge is 0.480 e. The van der Waals surface area contributed by atoms with Gasteiger partial charge in [-0.1, -0.05) is 19.1 Å². The number of carbonyl (C=O) groups is 3. The molecule has 0 saturated heterocycles. The van der Waals surface area contributed by atoms with Gasteiger partial charge in [-0.15, -0.1) is 5.10 Å². The van der Waals surface area contributed by atoms with E-state index in [0.717, 1.165) is 4.68 Å². The Morgan fingerprint density at radius 1 is 1.45 bits per heavy atom. The van der Waals surface area contributed by atoms with Crippen molar-refractivity contribution < 1.29 is 19.5 Å². The average molecular weight is 283 g/mol. The van der Waals surface area contributed by atoms with Gasteiger partial charge in [0.1, 0.15) is 12.6 Å². The van der Waals surface area contributed by atoms with Gasteiger partial charge in [0.05, 0.1) is 6.20 Å². The predicted molar refractivity (Wildman–Crippen MR) is 67.6 cm³/mol. The molecule has 110 valence electrons. The lowest BCUT2D eigenvalue weighted by Gasteiger charge is -2.15. The molecule has 1 aromatic heterocycles. The highest BCUT2D eigenvalue weighted by molar-refractivity contribution is 5.94. The molecule has 0 aliphatic heterocycles. The van der Waals surface area contributed by atoms with Crippen molar-refractivity contribution in [3.8, 4) is 0 Å². The molecule has 1 rings (SSSR count). The van der Waals surface area contributed by atoms with Gasteiger partial charge in [-0.05, 0) is 12.3 Å². The van der Waals surface area contributed by atoms with Gasteiger partial charge < -0.3 is 16.2 Å². The van der Waals surface area contributed by atoms with E-state index in [2.05, 4.69) is 15.6 Å². The summed E-state index contributed by atoms with van der Waals surface area (Å²) in [6, 6.07) is -0.996. The van der Waals surface area contributed by atoms with E-state index in [1.807, 2.05) is 13.8 Å². The number of nitrogens with two attached hydrogens (primary N) is 1. The highest BCUT2D eigenvalue weighted by atomic mass is 16.4. The number of nitrogens with one attached hydrogen (secondary N) is 1. The molecule has 0 bridgehead atoms. The number of hydrogen-bond donors (Lipinski definition) is 3. The van der Waals surface area contributed by atoms with Crippen molar-refractivity contribution in [1.29, 1.82) is 0 Å². The van der Waals surface area contributed by atoms with Gasteiger partial charge in [0.15, 0.2) is 5.69 Å². The Balaban J connectivity index is 2.71. The van der Waals surface area contributed by atoms with Crippen molar-refractivity contribution in [2.24, 2.45) is 11.7 Å². The number of carboxylic acid groups (broad SMARTS) is 1. The highest BCUT2D eigenvalue weighted by Gasteiger charge is 2.23. The Kier molecular flexibility index (Phi) is 5.18. The molecule has 0 aliphatic rings. The van der Waals surface area contributed by atoms with E-state index in [1.165, 1.54) is 6.20 Å². The third-order valence-electron chi connectivity index (χ3n) is 2.40. The quantitative estimate of drug-likeness (QED) is 0.585. The molecule has 0 aliphatic carbocycles. The normalized spacial score (nSPS) is 12.2. The summed E-state index contributed by atoms with van der Waals surface area (Å²) in [5.41, 5.74) is 4.91. The molecule has 0 fully saturated rings. The van der Waals surface area contributed by atoms with Crippen LogP contribution in [0.25, 0.3) is 0 Å². The van der Waals surface area contributed by atoms with E-state index in [-0.39, 0.29) is 18.2 Å². The average Bonchev–Trinajstić information content (AvgIpc) is 2.74. The van der Waals surface area contributed by atoms with Crippen LogP contribution in [-0.2, 0) is 16.1 Å². The van der Waals surface area contributed by atoms with Crippen LogP contribution in [0.2, 0.25) is 0 Å². The van der Waals surface area contributed by atoms with Gasteiger partial charge in [0.2, 0.25) is 5.91 Å². The molecule has 9 nitrogen and oxygen atoms in total. The molecular formula is C11H17N5O4. The molecule has 0 unspecified atom stereocenters. The predicted octanol–water partition coefficient (Wildman–Crippen LogP) is -1.01. The molecule has 0 radical (unpaired) electrons. The molecule has 0 aromatic carbocycles. The number of aliphatic carboxylic acids is 1. The van der Waals surface area contributed by atoms with Crippen LogP contribution in [0.1, 0.15) is 30.8 Å². The summed E-state index contributed by atoms with van der Waals surface area (Å²) in [6.07, 6.45) is 1.53. The standard InChI is InChI=1S/C11H17N5O4/c1-6(2)3-7(11(19)20)13-10(18)8-4-16(15-14-8)5-9(12)17/h4,6-7H,3,5H2,1-2H3,(H2,12,17)(H,13,18)(H,19,20)/t7-/m1/s1. The molecule has 2 amide bonds. The van der Waals surface area contributed by atoms with Gasteiger partial charge in [0, 0.05) is 0 Å². The van der Waals surface area contributed by atoms with Crippen molar-refractivity contribution in [2.45, 2.75) is 32.9 Å². The van der Waals surface area contributed by atoms with Crippen LogP contribution in [0.4, 0.5) is 0 Å². The van der Waals surface area contributed by atoms with E-state index in [1.54, 1.807) is 0 Å². The minimum absolute atomic E-state index is 0.0683. The number of carbonyl (C=O) groups excluding carboxylic acids is 2. The smallest absolute Gasteiger partial charge is 0.326 e. The first-order chi connectivity index (χ1) is 9.29. The zero-order valence-electron chi connectivity index (χ0n) is 11.2. The lowest BCUT2D eigenvalue weighted by Crippen LogP contribution is -2.41. The molecular weight excluding hydrogens is 266 g/mol. The second-order valence-corrected chi connectivity index (χ2v) is 4.76. The van der Waals surface area contributed by atoms with Crippen molar-refractivity contribution >= 4 is 17.8 Å². The van der Waals surface area contributed by atoms with Crippen molar-refractivity contribution in [2.75, 3.05) is 0 Å². The van der Waals surface area contributed by atoms with Crippen molar-refractivity contribution in [1.82, 2.24) is 20.3 Å². The number of nitrogens with zero attached hydrogens (tertiary/aromatic N) is 3. The molecule has 20 heavy (non-hydrogen) atoms. The van der Waals surface area contributed by atoms with Crippen LogP contribution in [0.5, 0.6) is 0 Å². The van der Waals surface area contributed by atoms with Crippen LogP contribution in [-0.4, -0.2) is 43.9 Å². The molecule has 1 heterocycles. The van der Waals surface area contributed by atoms with E-state index in [4.69, 9.17) is 10.8 Å². The Morgan fingerprint density at radius 3 is 2.60 bits per heavy atom. The fourth-order valence-electron chi connectivity index (χ4n) is 1.56. The fraction of sp³-hybridized carbons (Fsp3) is 0.545. The summed E-state index contributed by atoms with van der Waals surface area (Å²) >= 11 is 0. The SMILES string of the molecule is CC(C)C[C@@H](NC(=O)c1cn(CC(N)=O)nn1)C(=O)O. The molecule has 0 saturated carbocycles. The van der Waals surface area contributed by atoms with Gasteiger partial charge in [-0.2, -0.15) is 0 Å². The molecule has 9 heteroatoms. The Hall–Kier alpha value is -2.45. The molecule has 1 atom stereocenters. The lowest BCUT2D eigenvalue weighted by molar-refractivity contribution is -0.139. The van der Waals surface area contributed by atoms with Crippen LogP contribution < -0.4 is 11.1 Å². The molecule has 1 aromatic rings. The highest BCUT2D eigenvalue weighted by Crippen LogP contribution is 2.06. The first-order valence-electron chi connectivity index (χ1n) is 6.01.